The molecule has 0 radical (unpaired) electrons. The van der Waals surface area contributed by atoms with Gasteiger partial charge in [-0.15, -0.1) is 0 Å². The quantitative estimate of drug-likeness (QED) is 0.903. The summed E-state index contributed by atoms with van der Waals surface area (Å²) in [5.74, 6) is 0.883. The summed E-state index contributed by atoms with van der Waals surface area (Å²) in [6, 6.07) is 6.06. The first-order valence-corrected chi connectivity index (χ1v) is 6.36. The van der Waals surface area contributed by atoms with Gasteiger partial charge in [0.2, 0.25) is 5.91 Å². The van der Waals surface area contributed by atoms with Gasteiger partial charge in [-0.1, -0.05) is 15.9 Å². The minimum absolute atomic E-state index is 0.0891. The molecule has 3 rings (SSSR count). The minimum Gasteiger partial charge on any atom is -0.360 e. The Morgan fingerprint density at radius 1 is 1.44 bits per heavy atom. The molecule has 1 fully saturated rings. The van der Waals surface area contributed by atoms with Gasteiger partial charge in [0.25, 0.3) is 0 Å². The first-order valence-electron chi connectivity index (χ1n) is 5.57. The number of benzene rings is 1. The largest absolute Gasteiger partial charge is 0.360 e. The van der Waals surface area contributed by atoms with E-state index in [9.17, 15) is 4.79 Å². The van der Waals surface area contributed by atoms with Crippen LogP contribution in [0.25, 0.3) is 0 Å². The summed E-state index contributed by atoms with van der Waals surface area (Å²) >= 11 is 3.42. The van der Waals surface area contributed by atoms with E-state index >= 15 is 0 Å². The van der Waals surface area contributed by atoms with Crippen LogP contribution in [0.3, 0.4) is 0 Å². The number of rotatable bonds is 2. The van der Waals surface area contributed by atoms with E-state index in [-0.39, 0.29) is 5.91 Å². The van der Waals surface area contributed by atoms with Crippen LogP contribution in [0.1, 0.15) is 12.8 Å². The molecule has 1 aliphatic heterocycles. The fourth-order valence-electron chi connectivity index (χ4n) is 2.11. The van der Waals surface area contributed by atoms with Gasteiger partial charge in [0.1, 0.15) is 0 Å². The van der Waals surface area contributed by atoms with Gasteiger partial charge in [-0.2, -0.15) is 0 Å². The fraction of sp³-hybridized carbons (Fsp3) is 0.417. The van der Waals surface area contributed by atoms with E-state index < -0.39 is 0 Å². The highest BCUT2D eigenvalue weighted by molar-refractivity contribution is 9.10. The van der Waals surface area contributed by atoms with E-state index in [4.69, 9.17) is 0 Å². The molecule has 0 saturated heterocycles. The standard InChI is InChI=1S/C12H13BrN2O/c13-9-3-4-11-10(5-9)14-12(16)7-15(11)6-8-1-2-8/h3-5,8H,1-2,6-7H2,(H,14,16). The van der Waals surface area contributed by atoms with Crippen molar-refractivity contribution < 1.29 is 4.79 Å². The molecule has 2 aliphatic rings. The van der Waals surface area contributed by atoms with Gasteiger partial charge in [-0.25, -0.2) is 0 Å². The smallest absolute Gasteiger partial charge is 0.243 e. The molecule has 4 heteroatoms. The fourth-order valence-corrected chi connectivity index (χ4v) is 2.47. The molecule has 84 valence electrons. The third kappa shape index (κ3) is 1.94. The number of halogens is 1. The zero-order chi connectivity index (χ0) is 11.1. The van der Waals surface area contributed by atoms with Gasteiger partial charge in [0.15, 0.2) is 0 Å². The molecule has 16 heavy (non-hydrogen) atoms. The molecular formula is C12H13BrN2O. The van der Waals surface area contributed by atoms with Crippen LogP contribution in [0.5, 0.6) is 0 Å². The minimum atomic E-state index is 0.0891. The van der Waals surface area contributed by atoms with Crippen molar-refractivity contribution in [2.24, 2.45) is 5.92 Å². The van der Waals surface area contributed by atoms with Crippen molar-refractivity contribution in [3.8, 4) is 0 Å². The number of hydrogen-bond acceptors (Lipinski definition) is 2. The molecular weight excluding hydrogens is 268 g/mol. The highest BCUT2D eigenvalue weighted by Crippen LogP contribution is 2.36. The van der Waals surface area contributed by atoms with Crippen LogP contribution in [0.15, 0.2) is 22.7 Å². The predicted molar refractivity (Wildman–Crippen MR) is 67.7 cm³/mol. The zero-order valence-electron chi connectivity index (χ0n) is 8.87. The van der Waals surface area contributed by atoms with Crippen molar-refractivity contribution in [1.29, 1.82) is 0 Å². The summed E-state index contributed by atoms with van der Waals surface area (Å²) in [5.41, 5.74) is 2.07. The van der Waals surface area contributed by atoms with Gasteiger partial charge in [0.05, 0.1) is 17.9 Å². The van der Waals surface area contributed by atoms with Crippen molar-refractivity contribution >= 4 is 33.2 Å². The lowest BCUT2D eigenvalue weighted by Gasteiger charge is -2.31. The van der Waals surface area contributed by atoms with Gasteiger partial charge in [0, 0.05) is 11.0 Å². The molecule has 1 aliphatic carbocycles. The van der Waals surface area contributed by atoms with Crippen molar-refractivity contribution in [2.75, 3.05) is 23.3 Å². The highest BCUT2D eigenvalue weighted by Gasteiger charge is 2.29. The average molecular weight is 281 g/mol. The van der Waals surface area contributed by atoms with Gasteiger partial charge in [-0.05, 0) is 37.0 Å². The Morgan fingerprint density at radius 3 is 3.00 bits per heavy atom. The first-order chi connectivity index (χ1) is 7.72. The second-order valence-corrected chi connectivity index (χ2v) is 5.45. The van der Waals surface area contributed by atoms with Crippen molar-refractivity contribution in [2.45, 2.75) is 12.8 Å². The Kier molecular flexibility index (Phi) is 2.39. The van der Waals surface area contributed by atoms with E-state index in [0.717, 1.165) is 28.3 Å². The number of carbonyl (C=O) groups excluding carboxylic acids is 1. The zero-order valence-corrected chi connectivity index (χ0v) is 10.5. The van der Waals surface area contributed by atoms with E-state index in [1.165, 1.54) is 12.8 Å². The molecule has 1 aromatic rings. The molecule has 0 bridgehead atoms. The maximum Gasteiger partial charge on any atom is 0.243 e. The maximum atomic E-state index is 11.6. The van der Waals surface area contributed by atoms with E-state index in [1.54, 1.807) is 0 Å². The van der Waals surface area contributed by atoms with Crippen LogP contribution in [0.4, 0.5) is 11.4 Å². The Morgan fingerprint density at radius 2 is 2.25 bits per heavy atom. The lowest BCUT2D eigenvalue weighted by Crippen LogP contribution is -2.39. The summed E-state index contributed by atoms with van der Waals surface area (Å²) in [7, 11) is 0. The Bertz CT molecular complexity index is 443. The monoisotopic (exact) mass is 280 g/mol. The Labute approximate surface area is 103 Å². The van der Waals surface area contributed by atoms with Crippen LogP contribution >= 0.6 is 15.9 Å². The predicted octanol–water partition coefficient (Wildman–Crippen LogP) is 2.62. The van der Waals surface area contributed by atoms with Crippen LogP contribution in [0.2, 0.25) is 0 Å². The Hall–Kier alpha value is -1.03. The van der Waals surface area contributed by atoms with Gasteiger partial charge in [-0.3, -0.25) is 4.79 Å². The number of nitrogens with one attached hydrogen (secondary N) is 1. The number of carbonyl (C=O) groups is 1. The molecule has 3 nitrogen and oxygen atoms in total. The van der Waals surface area contributed by atoms with Crippen molar-refractivity contribution in [1.82, 2.24) is 0 Å². The number of fused-ring (bicyclic) bond motifs is 1. The molecule has 1 amide bonds. The highest BCUT2D eigenvalue weighted by atomic mass is 79.9. The summed E-state index contributed by atoms with van der Waals surface area (Å²) in [4.78, 5) is 13.8. The Balaban J connectivity index is 1.93. The van der Waals surface area contributed by atoms with Gasteiger partial charge >= 0.3 is 0 Å². The van der Waals surface area contributed by atoms with E-state index in [0.29, 0.717) is 6.54 Å². The van der Waals surface area contributed by atoms with Crippen LogP contribution in [-0.4, -0.2) is 19.0 Å². The van der Waals surface area contributed by atoms with E-state index in [1.807, 2.05) is 12.1 Å². The second-order valence-electron chi connectivity index (χ2n) is 4.53. The van der Waals surface area contributed by atoms with Gasteiger partial charge < -0.3 is 10.2 Å². The lowest BCUT2D eigenvalue weighted by atomic mass is 10.2. The van der Waals surface area contributed by atoms with Crippen LogP contribution < -0.4 is 10.2 Å². The summed E-state index contributed by atoms with van der Waals surface area (Å²) in [5, 5.41) is 2.91. The molecule has 0 atom stereocenters. The molecule has 0 aromatic heterocycles. The summed E-state index contributed by atoms with van der Waals surface area (Å²) < 4.78 is 1.000. The van der Waals surface area contributed by atoms with Crippen molar-refractivity contribution in [3.05, 3.63) is 22.7 Å². The van der Waals surface area contributed by atoms with E-state index in [2.05, 4.69) is 32.2 Å². The van der Waals surface area contributed by atoms with Crippen molar-refractivity contribution in [3.63, 3.8) is 0 Å². The topological polar surface area (TPSA) is 32.3 Å². The van der Waals surface area contributed by atoms with Crippen LogP contribution in [0, 0.1) is 5.92 Å². The SMILES string of the molecule is O=C1CN(CC2CC2)c2ccc(Br)cc2N1. The third-order valence-electron chi connectivity index (χ3n) is 3.08. The number of anilines is 2. The number of nitrogens with zero attached hydrogens (tertiary/aromatic N) is 1. The first kappa shape index (κ1) is 10.1. The molecule has 1 saturated carbocycles. The average Bonchev–Trinajstić information content (AvgIpc) is 3.00. The third-order valence-corrected chi connectivity index (χ3v) is 3.58. The molecule has 1 N–H and O–H groups in total. The summed E-state index contributed by atoms with van der Waals surface area (Å²) in [6.07, 6.45) is 2.62. The number of hydrogen-bond donors (Lipinski definition) is 1. The molecule has 0 unspecified atom stereocenters. The molecule has 1 aromatic carbocycles. The van der Waals surface area contributed by atoms with Crippen LogP contribution in [-0.2, 0) is 4.79 Å². The molecule has 1 heterocycles. The summed E-state index contributed by atoms with van der Waals surface area (Å²) in [6.45, 7) is 1.51. The second kappa shape index (κ2) is 3.77. The molecule has 0 spiro atoms. The lowest BCUT2D eigenvalue weighted by molar-refractivity contribution is -0.115. The normalized spacial score (nSPS) is 19.3. The number of amides is 1. The maximum absolute atomic E-state index is 11.6.